The average molecular weight is 316 g/mol. The molecule has 0 saturated carbocycles. The highest BCUT2D eigenvalue weighted by atomic mass is 16.5. The molecule has 23 heavy (non-hydrogen) atoms. The van der Waals surface area contributed by atoms with Gasteiger partial charge in [0.25, 0.3) is 5.91 Å². The summed E-state index contributed by atoms with van der Waals surface area (Å²) >= 11 is 0. The van der Waals surface area contributed by atoms with Gasteiger partial charge in [0.05, 0.1) is 6.54 Å². The number of aliphatic carboxylic acids is 1. The molecule has 1 aliphatic heterocycles. The van der Waals surface area contributed by atoms with Crippen molar-refractivity contribution in [2.75, 3.05) is 5.32 Å². The van der Waals surface area contributed by atoms with Gasteiger partial charge in [0.1, 0.15) is 18.8 Å². The summed E-state index contributed by atoms with van der Waals surface area (Å²) < 4.78 is 6.92. The topological polar surface area (TPSA) is 106 Å². The summed E-state index contributed by atoms with van der Waals surface area (Å²) in [6, 6.07) is 7.36. The lowest BCUT2D eigenvalue weighted by atomic mass is 10.1. The Kier molecular flexibility index (Phi) is 4.33. The van der Waals surface area contributed by atoms with Crippen LogP contribution < -0.4 is 5.32 Å². The van der Waals surface area contributed by atoms with Crippen molar-refractivity contribution in [1.29, 1.82) is 0 Å². The molecule has 2 aromatic rings. The van der Waals surface area contributed by atoms with Crippen LogP contribution in [0.15, 0.2) is 36.9 Å². The molecule has 3 rings (SSSR count). The maximum Gasteiger partial charge on any atom is 0.332 e. The molecule has 8 nitrogen and oxygen atoms in total. The second kappa shape index (κ2) is 6.57. The van der Waals surface area contributed by atoms with Crippen molar-refractivity contribution in [3.63, 3.8) is 0 Å². The molecule has 1 saturated heterocycles. The van der Waals surface area contributed by atoms with Crippen molar-refractivity contribution in [3.05, 3.63) is 42.5 Å². The van der Waals surface area contributed by atoms with E-state index < -0.39 is 18.2 Å². The zero-order valence-corrected chi connectivity index (χ0v) is 12.3. The Morgan fingerprint density at radius 2 is 2.17 bits per heavy atom. The molecule has 1 aliphatic rings. The summed E-state index contributed by atoms with van der Waals surface area (Å²) in [5.74, 6) is -1.36. The number of carboxylic acid groups (broad SMARTS) is 1. The van der Waals surface area contributed by atoms with Crippen LogP contribution in [0.4, 0.5) is 5.69 Å². The zero-order chi connectivity index (χ0) is 16.2. The molecule has 1 aromatic carbocycles. The van der Waals surface area contributed by atoms with E-state index >= 15 is 0 Å². The fraction of sp³-hybridized carbons (Fsp3) is 0.333. The fourth-order valence-electron chi connectivity index (χ4n) is 2.48. The van der Waals surface area contributed by atoms with E-state index in [1.807, 2.05) is 18.2 Å². The van der Waals surface area contributed by atoms with Gasteiger partial charge in [-0.1, -0.05) is 12.1 Å². The third kappa shape index (κ3) is 3.72. The minimum Gasteiger partial charge on any atom is -0.479 e. The van der Waals surface area contributed by atoms with Crippen LogP contribution >= 0.6 is 0 Å². The van der Waals surface area contributed by atoms with Crippen LogP contribution in [0.2, 0.25) is 0 Å². The van der Waals surface area contributed by atoms with E-state index in [0.717, 1.165) is 5.56 Å². The first-order valence-electron chi connectivity index (χ1n) is 7.22. The van der Waals surface area contributed by atoms with Gasteiger partial charge in [-0.25, -0.2) is 14.5 Å². The minimum atomic E-state index is -1.03. The highest BCUT2D eigenvalue weighted by molar-refractivity contribution is 5.94. The Balaban J connectivity index is 1.61. The third-order valence-corrected chi connectivity index (χ3v) is 3.59. The number of carboxylic acids is 1. The average Bonchev–Trinajstić information content (AvgIpc) is 3.18. The van der Waals surface area contributed by atoms with Gasteiger partial charge < -0.3 is 15.2 Å². The minimum absolute atomic E-state index is 0.327. The van der Waals surface area contributed by atoms with Crippen LogP contribution in [0.1, 0.15) is 18.4 Å². The van der Waals surface area contributed by atoms with Crippen molar-refractivity contribution >= 4 is 17.6 Å². The monoisotopic (exact) mass is 316 g/mol. The highest BCUT2D eigenvalue weighted by Crippen LogP contribution is 2.21. The molecule has 2 N–H and O–H groups in total. The van der Waals surface area contributed by atoms with Gasteiger partial charge in [-0.15, -0.1) is 0 Å². The molecule has 8 heteroatoms. The fourth-order valence-corrected chi connectivity index (χ4v) is 2.48. The number of rotatable bonds is 5. The Labute approximate surface area is 132 Å². The van der Waals surface area contributed by atoms with E-state index in [4.69, 9.17) is 9.84 Å². The molecular formula is C15H16N4O4. The molecular weight excluding hydrogens is 300 g/mol. The largest absolute Gasteiger partial charge is 0.479 e. The molecule has 1 aromatic heterocycles. The lowest BCUT2D eigenvalue weighted by Crippen LogP contribution is -2.29. The Hall–Kier alpha value is -2.74. The first-order valence-corrected chi connectivity index (χ1v) is 7.22. The molecule has 0 radical (unpaired) electrons. The van der Waals surface area contributed by atoms with E-state index in [9.17, 15) is 9.59 Å². The Morgan fingerprint density at radius 3 is 2.87 bits per heavy atom. The van der Waals surface area contributed by atoms with Crippen LogP contribution in [-0.2, 0) is 20.9 Å². The van der Waals surface area contributed by atoms with Gasteiger partial charge in [-0.05, 0) is 30.5 Å². The van der Waals surface area contributed by atoms with Crippen LogP contribution in [0.5, 0.6) is 0 Å². The standard InChI is InChI=1S/C15H16N4O4/c20-14(12-4-5-13(23-12)15(21)22)18-11-3-1-2-10(6-11)7-19-9-16-8-17-19/h1-3,6,8-9,12-13H,4-5,7H2,(H,18,20)(H,21,22)/t12-,13+/m0/s1. The van der Waals surface area contributed by atoms with Gasteiger partial charge in [-0.2, -0.15) is 5.10 Å². The molecule has 0 unspecified atom stereocenters. The number of anilines is 1. The number of aromatic nitrogens is 3. The first kappa shape index (κ1) is 15.2. The molecule has 0 bridgehead atoms. The quantitative estimate of drug-likeness (QED) is 0.848. The number of nitrogens with one attached hydrogen (secondary N) is 1. The van der Waals surface area contributed by atoms with E-state index in [0.29, 0.717) is 25.1 Å². The van der Waals surface area contributed by atoms with Crippen molar-refractivity contribution in [2.24, 2.45) is 0 Å². The summed E-state index contributed by atoms with van der Waals surface area (Å²) in [4.78, 5) is 26.9. The third-order valence-electron chi connectivity index (χ3n) is 3.59. The SMILES string of the molecule is O=C(Nc1cccc(Cn2cncn2)c1)[C@@H]1CC[C@H](C(=O)O)O1. The van der Waals surface area contributed by atoms with Crippen molar-refractivity contribution in [1.82, 2.24) is 14.8 Å². The summed E-state index contributed by atoms with van der Waals surface area (Å²) in [6.07, 6.45) is 2.20. The Bertz CT molecular complexity index is 701. The number of carbonyl (C=O) groups is 2. The van der Waals surface area contributed by atoms with Crippen LogP contribution in [0.25, 0.3) is 0 Å². The normalized spacial score (nSPS) is 20.3. The van der Waals surface area contributed by atoms with E-state index in [-0.39, 0.29) is 5.91 Å². The molecule has 0 aliphatic carbocycles. The second-order valence-electron chi connectivity index (χ2n) is 5.31. The number of nitrogens with zero attached hydrogens (tertiary/aromatic N) is 3. The first-order chi connectivity index (χ1) is 11.1. The highest BCUT2D eigenvalue weighted by Gasteiger charge is 2.34. The molecule has 2 heterocycles. The number of hydrogen-bond acceptors (Lipinski definition) is 5. The van der Waals surface area contributed by atoms with E-state index in [1.165, 1.54) is 6.33 Å². The van der Waals surface area contributed by atoms with Gasteiger partial charge >= 0.3 is 5.97 Å². The van der Waals surface area contributed by atoms with Gasteiger partial charge in [-0.3, -0.25) is 4.79 Å². The van der Waals surface area contributed by atoms with Crippen molar-refractivity contribution in [3.8, 4) is 0 Å². The lowest BCUT2D eigenvalue weighted by molar-refractivity contribution is -0.150. The molecule has 1 fully saturated rings. The molecule has 0 spiro atoms. The van der Waals surface area contributed by atoms with E-state index in [2.05, 4.69) is 15.4 Å². The van der Waals surface area contributed by atoms with Crippen LogP contribution in [0, 0.1) is 0 Å². The predicted molar refractivity (Wildman–Crippen MR) is 79.7 cm³/mol. The summed E-state index contributed by atoms with van der Waals surface area (Å²) in [6.45, 7) is 0.546. The second-order valence-corrected chi connectivity index (χ2v) is 5.31. The Morgan fingerprint density at radius 1 is 1.35 bits per heavy atom. The van der Waals surface area contributed by atoms with Gasteiger partial charge in [0.2, 0.25) is 0 Å². The van der Waals surface area contributed by atoms with E-state index in [1.54, 1.807) is 17.1 Å². The number of benzene rings is 1. The summed E-state index contributed by atoms with van der Waals surface area (Å²) in [5.41, 5.74) is 1.60. The summed E-state index contributed by atoms with van der Waals surface area (Å²) in [7, 11) is 0. The maximum atomic E-state index is 12.2. The summed E-state index contributed by atoms with van der Waals surface area (Å²) in [5, 5.41) is 15.7. The zero-order valence-electron chi connectivity index (χ0n) is 12.3. The molecule has 120 valence electrons. The van der Waals surface area contributed by atoms with Gasteiger partial charge in [0.15, 0.2) is 6.10 Å². The lowest BCUT2D eigenvalue weighted by Gasteiger charge is -2.12. The predicted octanol–water partition coefficient (Wildman–Crippen LogP) is 0.897. The molecule has 2 atom stereocenters. The number of hydrogen-bond donors (Lipinski definition) is 2. The number of ether oxygens (including phenoxy) is 1. The van der Waals surface area contributed by atoms with Crippen LogP contribution in [0.3, 0.4) is 0 Å². The smallest absolute Gasteiger partial charge is 0.332 e. The van der Waals surface area contributed by atoms with Crippen molar-refractivity contribution < 1.29 is 19.4 Å². The maximum absolute atomic E-state index is 12.2. The number of amides is 1. The number of carbonyl (C=O) groups excluding carboxylic acids is 1. The van der Waals surface area contributed by atoms with Crippen LogP contribution in [-0.4, -0.2) is 44.0 Å². The molecule has 1 amide bonds. The van der Waals surface area contributed by atoms with Crippen molar-refractivity contribution in [2.45, 2.75) is 31.6 Å². The van der Waals surface area contributed by atoms with Gasteiger partial charge in [0, 0.05) is 5.69 Å².